The first kappa shape index (κ1) is 12.8. The molecular weight excluding hydrogens is 268 g/mol. The van der Waals surface area contributed by atoms with Gasteiger partial charge in [0.1, 0.15) is 11.9 Å². The molecule has 2 fully saturated rings. The molecule has 0 spiro atoms. The molecule has 1 aromatic carbocycles. The van der Waals surface area contributed by atoms with Crippen LogP contribution in [-0.2, 0) is 14.9 Å². The van der Waals surface area contributed by atoms with Crippen LogP contribution in [0.25, 0.3) is 0 Å². The van der Waals surface area contributed by atoms with Gasteiger partial charge in [-0.2, -0.15) is 0 Å². The average molecular weight is 283 g/mol. The molecule has 19 heavy (non-hydrogen) atoms. The number of hydrogen-bond acceptors (Lipinski definition) is 3. The van der Waals surface area contributed by atoms with E-state index < -0.39 is 11.4 Å². The zero-order valence-electron chi connectivity index (χ0n) is 10.4. The van der Waals surface area contributed by atoms with Gasteiger partial charge in [0.05, 0.1) is 23.7 Å². The van der Waals surface area contributed by atoms with Crippen molar-refractivity contribution < 1.29 is 19.4 Å². The van der Waals surface area contributed by atoms with Gasteiger partial charge in [0, 0.05) is 0 Å². The molecule has 4 nitrogen and oxygen atoms in total. The number of carboxylic acids is 1. The Morgan fingerprint density at radius 3 is 2.58 bits per heavy atom. The second-order valence-corrected chi connectivity index (χ2v) is 5.57. The van der Waals surface area contributed by atoms with Crippen LogP contribution in [0.15, 0.2) is 18.2 Å². The zero-order chi connectivity index (χ0) is 13.5. The number of halogens is 1. The number of carbonyl (C=O) groups is 1. The van der Waals surface area contributed by atoms with Crippen molar-refractivity contribution in [1.29, 1.82) is 0 Å². The third-order valence-electron chi connectivity index (χ3n) is 4.00. The minimum Gasteiger partial charge on any atom is -0.484 e. The zero-order valence-corrected chi connectivity index (χ0v) is 11.2. The summed E-state index contributed by atoms with van der Waals surface area (Å²) in [5, 5.41) is 9.87. The lowest BCUT2D eigenvalue weighted by atomic mass is 9.64. The first-order chi connectivity index (χ1) is 9.12. The molecule has 5 heteroatoms. The van der Waals surface area contributed by atoms with Crippen LogP contribution in [-0.4, -0.2) is 30.4 Å². The highest BCUT2D eigenvalue weighted by Gasteiger charge is 2.46. The quantitative estimate of drug-likeness (QED) is 0.922. The molecule has 0 atom stereocenters. The van der Waals surface area contributed by atoms with Gasteiger partial charge in [-0.3, -0.25) is 4.79 Å². The SMILES string of the molecule is O=C(O)C1(c2ccc(OC3COC3)c(Cl)c2)CCC1. The van der Waals surface area contributed by atoms with Crippen LogP contribution in [0.3, 0.4) is 0 Å². The highest BCUT2D eigenvalue weighted by Crippen LogP contribution is 2.45. The molecule has 1 aliphatic carbocycles. The van der Waals surface area contributed by atoms with Gasteiger partial charge >= 0.3 is 5.97 Å². The van der Waals surface area contributed by atoms with Crippen molar-refractivity contribution in [3.8, 4) is 5.75 Å². The molecule has 0 amide bonds. The first-order valence-corrected chi connectivity index (χ1v) is 6.77. The Kier molecular flexibility index (Phi) is 3.15. The van der Waals surface area contributed by atoms with Crippen LogP contribution in [0.5, 0.6) is 5.75 Å². The van der Waals surface area contributed by atoms with Crippen molar-refractivity contribution in [1.82, 2.24) is 0 Å². The molecule has 102 valence electrons. The Morgan fingerprint density at radius 1 is 1.42 bits per heavy atom. The Hall–Kier alpha value is -1.26. The molecule has 0 aromatic heterocycles. The van der Waals surface area contributed by atoms with E-state index in [1.54, 1.807) is 12.1 Å². The molecule has 1 N–H and O–H groups in total. The molecule has 1 aliphatic heterocycles. The molecule has 1 heterocycles. The number of hydrogen-bond donors (Lipinski definition) is 1. The highest BCUT2D eigenvalue weighted by molar-refractivity contribution is 6.32. The molecule has 1 aromatic rings. The largest absolute Gasteiger partial charge is 0.484 e. The summed E-state index contributed by atoms with van der Waals surface area (Å²) >= 11 is 6.19. The maximum Gasteiger partial charge on any atom is 0.314 e. The van der Waals surface area contributed by atoms with Crippen LogP contribution in [0, 0.1) is 0 Å². The van der Waals surface area contributed by atoms with Gasteiger partial charge in [-0.05, 0) is 30.5 Å². The van der Waals surface area contributed by atoms with Crippen LogP contribution < -0.4 is 4.74 Å². The molecule has 2 aliphatic rings. The van der Waals surface area contributed by atoms with Crippen molar-refractivity contribution in [3.63, 3.8) is 0 Å². The van der Waals surface area contributed by atoms with Gasteiger partial charge in [0.25, 0.3) is 0 Å². The van der Waals surface area contributed by atoms with Crippen molar-refractivity contribution in [2.45, 2.75) is 30.8 Å². The molecule has 1 saturated carbocycles. The minimum absolute atomic E-state index is 0.0560. The molecule has 0 bridgehead atoms. The summed E-state index contributed by atoms with van der Waals surface area (Å²) in [7, 11) is 0. The summed E-state index contributed by atoms with van der Waals surface area (Å²) in [4.78, 5) is 11.4. The fourth-order valence-corrected chi connectivity index (χ4v) is 2.74. The summed E-state index contributed by atoms with van der Waals surface area (Å²) in [6, 6.07) is 5.30. The third-order valence-corrected chi connectivity index (χ3v) is 4.30. The van der Waals surface area contributed by atoms with Gasteiger partial charge < -0.3 is 14.6 Å². The van der Waals surface area contributed by atoms with Gasteiger partial charge in [-0.1, -0.05) is 24.1 Å². The number of ether oxygens (including phenoxy) is 2. The normalized spacial score (nSPS) is 21.3. The molecule has 0 radical (unpaired) electrons. The fourth-order valence-electron chi connectivity index (χ4n) is 2.51. The van der Waals surface area contributed by atoms with Crippen molar-refractivity contribution >= 4 is 17.6 Å². The summed E-state index contributed by atoms with van der Waals surface area (Å²) in [6.07, 6.45) is 2.35. The summed E-state index contributed by atoms with van der Waals surface area (Å²) < 4.78 is 10.7. The van der Waals surface area contributed by atoms with Crippen LogP contribution in [0.4, 0.5) is 0 Å². The number of rotatable bonds is 4. The first-order valence-electron chi connectivity index (χ1n) is 6.40. The second-order valence-electron chi connectivity index (χ2n) is 5.16. The highest BCUT2D eigenvalue weighted by atomic mass is 35.5. The third kappa shape index (κ3) is 2.09. The maximum absolute atomic E-state index is 11.4. The van der Waals surface area contributed by atoms with E-state index in [9.17, 15) is 9.90 Å². The van der Waals surface area contributed by atoms with E-state index in [-0.39, 0.29) is 6.10 Å². The van der Waals surface area contributed by atoms with Crippen molar-refractivity contribution in [2.75, 3.05) is 13.2 Å². The lowest BCUT2D eigenvalue weighted by Gasteiger charge is -2.38. The van der Waals surface area contributed by atoms with E-state index in [1.807, 2.05) is 6.07 Å². The standard InChI is InChI=1S/C14H15ClO4/c15-11-6-9(14(13(16)17)4-1-5-14)2-3-12(11)19-10-7-18-8-10/h2-3,6,10H,1,4-5,7-8H2,(H,16,17). The van der Waals surface area contributed by atoms with E-state index in [2.05, 4.69) is 0 Å². The van der Waals surface area contributed by atoms with Gasteiger partial charge in [0.15, 0.2) is 0 Å². The molecule has 0 unspecified atom stereocenters. The van der Waals surface area contributed by atoms with E-state index in [0.29, 0.717) is 36.8 Å². The smallest absolute Gasteiger partial charge is 0.314 e. The van der Waals surface area contributed by atoms with E-state index in [0.717, 1.165) is 12.0 Å². The topological polar surface area (TPSA) is 55.8 Å². The van der Waals surface area contributed by atoms with Gasteiger partial charge in [-0.15, -0.1) is 0 Å². The number of benzene rings is 1. The lowest BCUT2D eigenvalue weighted by Crippen LogP contribution is -2.42. The van der Waals surface area contributed by atoms with Crippen molar-refractivity contribution in [2.24, 2.45) is 0 Å². The Labute approximate surface area is 116 Å². The Bertz CT molecular complexity index is 506. The monoisotopic (exact) mass is 282 g/mol. The fraction of sp³-hybridized carbons (Fsp3) is 0.500. The lowest BCUT2D eigenvalue weighted by molar-refractivity contribution is -0.147. The summed E-state index contributed by atoms with van der Waals surface area (Å²) in [5.41, 5.74) is 0.0235. The van der Waals surface area contributed by atoms with Crippen LogP contribution >= 0.6 is 11.6 Å². The number of aliphatic carboxylic acids is 1. The average Bonchev–Trinajstić information content (AvgIpc) is 2.23. The van der Waals surface area contributed by atoms with E-state index in [4.69, 9.17) is 21.1 Å². The predicted octanol–water partition coefficient (Wildman–Crippen LogP) is 2.62. The minimum atomic E-state index is -0.768. The summed E-state index contributed by atoms with van der Waals surface area (Å²) in [5.74, 6) is -0.172. The van der Waals surface area contributed by atoms with Gasteiger partial charge in [0.2, 0.25) is 0 Å². The van der Waals surface area contributed by atoms with Crippen molar-refractivity contribution in [3.05, 3.63) is 28.8 Å². The summed E-state index contributed by atoms with van der Waals surface area (Å²) in [6.45, 7) is 1.16. The molecular formula is C14H15ClO4. The number of carboxylic acid groups (broad SMARTS) is 1. The van der Waals surface area contributed by atoms with Gasteiger partial charge in [-0.25, -0.2) is 0 Å². The van der Waals surface area contributed by atoms with Crippen LogP contribution in [0.2, 0.25) is 5.02 Å². The van der Waals surface area contributed by atoms with Crippen LogP contribution in [0.1, 0.15) is 24.8 Å². The van der Waals surface area contributed by atoms with E-state index in [1.165, 1.54) is 0 Å². The maximum atomic E-state index is 11.4. The molecule has 1 saturated heterocycles. The van der Waals surface area contributed by atoms with E-state index >= 15 is 0 Å². The predicted molar refractivity (Wildman–Crippen MR) is 69.9 cm³/mol. The molecule has 3 rings (SSSR count). The Morgan fingerprint density at radius 2 is 2.16 bits per heavy atom. The second kappa shape index (κ2) is 4.69. The Balaban J connectivity index is 1.84.